The van der Waals surface area contributed by atoms with E-state index in [0.717, 1.165) is 24.4 Å². The van der Waals surface area contributed by atoms with Crippen LogP contribution in [0.1, 0.15) is 31.3 Å². The predicted molar refractivity (Wildman–Crippen MR) is 85.9 cm³/mol. The SMILES string of the molecule is Cc1cc(OC(C)(C)C)ccc1NCCc1nccs1. The van der Waals surface area contributed by atoms with Crippen LogP contribution in [0.5, 0.6) is 5.75 Å². The largest absolute Gasteiger partial charge is 0.488 e. The Labute approximate surface area is 125 Å². The minimum Gasteiger partial charge on any atom is -0.488 e. The zero-order valence-electron chi connectivity index (χ0n) is 12.6. The Hall–Kier alpha value is -1.55. The number of hydrogen-bond donors (Lipinski definition) is 1. The summed E-state index contributed by atoms with van der Waals surface area (Å²) in [5.41, 5.74) is 2.19. The lowest BCUT2D eigenvalue weighted by Crippen LogP contribution is -2.23. The van der Waals surface area contributed by atoms with Crippen LogP contribution in [0.15, 0.2) is 29.8 Å². The number of nitrogens with one attached hydrogen (secondary N) is 1. The van der Waals surface area contributed by atoms with E-state index in [-0.39, 0.29) is 5.60 Å². The zero-order chi connectivity index (χ0) is 14.6. The van der Waals surface area contributed by atoms with E-state index in [2.05, 4.69) is 50.1 Å². The molecule has 2 aromatic rings. The van der Waals surface area contributed by atoms with Gasteiger partial charge in [0.25, 0.3) is 0 Å². The molecule has 3 nitrogen and oxygen atoms in total. The van der Waals surface area contributed by atoms with E-state index in [4.69, 9.17) is 4.74 Å². The third kappa shape index (κ3) is 4.53. The Balaban J connectivity index is 1.92. The third-order valence-electron chi connectivity index (χ3n) is 2.76. The van der Waals surface area contributed by atoms with E-state index in [1.165, 1.54) is 10.6 Å². The number of aromatic nitrogens is 1. The van der Waals surface area contributed by atoms with Gasteiger partial charge in [0.2, 0.25) is 0 Å². The molecule has 0 aliphatic rings. The molecule has 0 fully saturated rings. The second-order valence-corrected chi connectivity index (χ2v) is 6.77. The summed E-state index contributed by atoms with van der Waals surface area (Å²) in [6.07, 6.45) is 2.81. The lowest BCUT2D eigenvalue weighted by Gasteiger charge is -2.22. The molecule has 0 spiro atoms. The van der Waals surface area contributed by atoms with Gasteiger partial charge in [-0.2, -0.15) is 0 Å². The smallest absolute Gasteiger partial charge is 0.120 e. The lowest BCUT2D eigenvalue weighted by molar-refractivity contribution is 0.131. The highest BCUT2D eigenvalue weighted by atomic mass is 32.1. The van der Waals surface area contributed by atoms with Gasteiger partial charge in [-0.25, -0.2) is 4.98 Å². The Bertz CT molecular complexity index is 544. The van der Waals surface area contributed by atoms with Gasteiger partial charge >= 0.3 is 0 Å². The molecule has 1 heterocycles. The molecule has 0 saturated carbocycles. The highest BCUT2D eigenvalue weighted by molar-refractivity contribution is 7.09. The molecular formula is C16H22N2OS. The number of rotatable bonds is 5. The molecule has 2 rings (SSSR count). The summed E-state index contributed by atoms with van der Waals surface area (Å²) in [4.78, 5) is 4.28. The minimum absolute atomic E-state index is 0.160. The molecule has 1 aromatic carbocycles. The fourth-order valence-electron chi connectivity index (χ4n) is 1.93. The van der Waals surface area contributed by atoms with Crippen molar-refractivity contribution in [2.75, 3.05) is 11.9 Å². The number of thiazole rings is 1. The predicted octanol–water partition coefficient (Wildman–Crippen LogP) is 4.28. The standard InChI is InChI=1S/C16H22N2OS/c1-12-11-13(19-16(2,3)4)5-6-14(12)17-8-7-15-18-9-10-20-15/h5-6,9-11,17H,7-8H2,1-4H3. The maximum Gasteiger partial charge on any atom is 0.120 e. The molecular weight excluding hydrogens is 268 g/mol. The third-order valence-corrected chi connectivity index (χ3v) is 3.60. The second-order valence-electron chi connectivity index (χ2n) is 5.79. The van der Waals surface area contributed by atoms with Gasteiger partial charge in [0.15, 0.2) is 0 Å². The summed E-state index contributed by atoms with van der Waals surface area (Å²) in [7, 11) is 0. The molecule has 20 heavy (non-hydrogen) atoms. The van der Waals surface area contributed by atoms with Crippen molar-refractivity contribution >= 4 is 17.0 Å². The molecule has 0 aliphatic carbocycles. The number of benzene rings is 1. The van der Waals surface area contributed by atoms with E-state index in [9.17, 15) is 0 Å². The molecule has 1 aromatic heterocycles. The first-order valence-electron chi connectivity index (χ1n) is 6.86. The van der Waals surface area contributed by atoms with Gasteiger partial charge in [-0.15, -0.1) is 11.3 Å². The van der Waals surface area contributed by atoms with Crippen molar-refractivity contribution in [1.29, 1.82) is 0 Å². The van der Waals surface area contributed by atoms with Gasteiger partial charge in [-0.05, 0) is 51.5 Å². The molecule has 0 amide bonds. The molecule has 108 valence electrons. The van der Waals surface area contributed by atoms with Crippen LogP contribution in [0.4, 0.5) is 5.69 Å². The number of aryl methyl sites for hydroxylation is 1. The molecule has 0 saturated heterocycles. The van der Waals surface area contributed by atoms with Crippen LogP contribution < -0.4 is 10.1 Å². The Morgan fingerprint density at radius 3 is 2.70 bits per heavy atom. The van der Waals surface area contributed by atoms with Crippen molar-refractivity contribution in [1.82, 2.24) is 4.98 Å². The minimum atomic E-state index is -0.160. The van der Waals surface area contributed by atoms with Crippen molar-refractivity contribution in [2.24, 2.45) is 0 Å². The average molecular weight is 290 g/mol. The average Bonchev–Trinajstić information content (AvgIpc) is 2.83. The van der Waals surface area contributed by atoms with E-state index in [0.29, 0.717) is 0 Å². The van der Waals surface area contributed by atoms with Crippen LogP contribution in [0.3, 0.4) is 0 Å². The highest BCUT2D eigenvalue weighted by Crippen LogP contribution is 2.24. The molecule has 1 N–H and O–H groups in total. The van der Waals surface area contributed by atoms with Crippen LogP contribution in [-0.4, -0.2) is 17.1 Å². The van der Waals surface area contributed by atoms with E-state index < -0.39 is 0 Å². The molecule has 0 aliphatic heterocycles. The van der Waals surface area contributed by atoms with E-state index in [1.807, 2.05) is 17.6 Å². The van der Waals surface area contributed by atoms with Crippen molar-refractivity contribution in [2.45, 2.75) is 39.7 Å². The normalized spacial score (nSPS) is 11.4. The Morgan fingerprint density at radius 1 is 1.30 bits per heavy atom. The Morgan fingerprint density at radius 2 is 2.10 bits per heavy atom. The summed E-state index contributed by atoms with van der Waals surface area (Å²) in [6.45, 7) is 9.17. The van der Waals surface area contributed by atoms with Crippen molar-refractivity contribution in [3.05, 3.63) is 40.3 Å². The van der Waals surface area contributed by atoms with E-state index in [1.54, 1.807) is 11.3 Å². The van der Waals surface area contributed by atoms with Gasteiger partial charge in [0.05, 0.1) is 5.01 Å². The van der Waals surface area contributed by atoms with Crippen LogP contribution in [0.2, 0.25) is 0 Å². The van der Waals surface area contributed by atoms with Gasteiger partial charge in [-0.3, -0.25) is 0 Å². The van der Waals surface area contributed by atoms with Crippen LogP contribution in [0.25, 0.3) is 0 Å². The molecule has 0 bridgehead atoms. The monoisotopic (exact) mass is 290 g/mol. The molecule has 0 atom stereocenters. The number of hydrogen-bond acceptors (Lipinski definition) is 4. The number of anilines is 1. The van der Waals surface area contributed by atoms with Crippen molar-refractivity contribution in [3.8, 4) is 5.75 Å². The van der Waals surface area contributed by atoms with Crippen molar-refractivity contribution in [3.63, 3.8) is 0 Å². The van der Waals surface area contributed by atoms with Gasteiger partial charge in [0, 0.05) is 30.2 Å². The summed E-state index contributed by atoms with van der Waals surface area (Å²) in [6, 6.07) is 6.18. The highest BCUT2D eigenvalue weighted by Gasteiger charge is 2.12. The van der Waals surface area contributed by atoms with Crippen LogP contribution >= 0.6 is 11.3 Å². The van der Waals surface area contributed by atoms with Gasteiger partial charge < -0.3 is 10.1 Å². The summed E-state index contributed by atoms with van der Waals surface area (Å²) in [5, 5.41) is 6.63. The maximum atomic E-state index is 5.86. The summed E-state index contributed by atoms with van der Waals surface area (Å²) < 4.78 is 5.86. The topological polar surface area (TPSA) is 34.1 Å². The molecule has 4 heteroatoms. The summed E-state index contributed by atoms with van der Waals surface area (Å²) in [5.74, 6) is 0.917. The van der Waals surface area contributed by atoms with E-state index >= 15 is 0 Å². The lowest BCUT2D eigenvalue weighted by atomic mass is 10.1. The van der Waals surface area contributed by atoms with Crippen LogP contribution in [0, 0.1) is 6.92 Å². The quantitative estimate of drug-likeness (QED) is 0.892. The fourth-order valence-corrected chi connectivity index (χ4v) is 2.55. The first-order valence-corrected chi connectivity index (χ1v) is 7.74. The number of ether oxygens (including phenoxy) is 1. The fraction of sp³-hybridized carbons (Fsp3) is 0.438. The Kier molecular flexibility index (Phi) is 4.65. The molecule has 0 radical (unpaired) electrons. The van der Waals surface area contributed by atoms with Crippen molar-refractivity contribution < 1.29 is 4.74 Å². The summed E-state index contributed by atoms with van der Waals surface area (Å²) >= 11 is 1.70. The maximum absolute atomic E-state index is 5.86. The number of nitrogens with zero attached hydrogens (tertiary/aromatic N) is 1. The molecule has 0 unspecified atom stereocenters. The van der Waals surface area contributed by atoms with Gasteiger partial charge in [0.1, 0.15) is 11.4 Å². The first-order chi connectivity index (χ1) is 9.44. The second kappa shape index (κ2) is 6.27. The van der Waals surface area contributed by atoms with Crippen LogP contribution in [-0.2, 0) is 6.42 Å². The van der Waals surface area contributed by atoms with Gasteiger partial charge in [-0.1, -0.05) is 0 Å². The first kappa shape index (κ1) is 14.9. The zero-order valence-corrected chi connectivity index (χ0v) is 13.4.